The van der Waals surface area contributed by atoms with Crippen LogP contribution in [0.25, 0.3) is 0 Å². The van der Waals surface area contributed by atoms with E-state index < -0.39 is 24.5 Å². The van der Waals surface area contributed by atoms with E-state index in [0.717, 1.165) is 116 Å². The highest BCUT2D eigenvalue weighted by Gasteiger charge is 2.19. The van der Waals surface area contributed by atoms with Crippen LogP contribution in [-0.4, -0.2) is 59.3 Å². The number of hydrogen-bond donors (Lipinski definition) is 4. The molecule has 55 heavy (non-hydrogen) atoms. The first-order valence-corrected chi connectivity index (χ1v) is 21.3. The molecule has 0 aliphatic carbocycles. The minimum Gasteiger partial charge on any atom is -0.480 e. The lowest BCUT2D eigenvalue weighted by molar-refractivity contribution is -0.150. The Balaban J connectivity index is 4.10. The molecule has 0 saturated carbocycles. The molecule has 0 aliphatic rings. The molecule has 0 fully saturated rings. The normalized spacial score (nSPS) is 13.2. The number of esters is 1. The van der Waals surface area contributed by atoms with Crippen molar-refractivity contribution in [3.8, 4) is 0 Å². The molecule has 0 heterocycles. The maximum atomic E-state index is 12.7. The Morgan fingerprint density at radius 2 is 1.04 bits per heavy atom. The third kappa shape index (κ3) is 37.0. The summed E-state index contributed by atoms with van der Waals surface area (Å²) >= 11 is 0. The van der Waals surface area contributed by atoms with Gasteiger partial charge in [-0.15, -0.1) is 0 Å². The quantitative estimate of drug-likeness (QED) is 0.0280. The highest BCUT2D eigenvalue weighted by atomic mass is 16.5. The van der Waals surface area contributed by atoms with Gasteiger partial charge >= 0.3 is 11.9 Å². The average molecular weight is 769 g/mol. The number of carboxylic acid groups (broad SMARTS) is 1. The van der Waals surface area contributed by atoms with Crippen molar-refractivity contribution in [3.63, 3.8) is 0 Å². The molecule has 0 aromatic rings. The summed E-state index contributed by atoms with van der Waals surface area (Å²) in [5.74, 6) is -2.37. The van der Waals surface area contributed by atoms with Crippen LogP contribution in [0.4, 0.5) is 0 Å². The molecule has 312 valence electrons. The van der Waals surface area contributed by atoms with Crippen LogP contribution >= 0.6 is 0 Å². The number of amides is 2. The predicted octanol–water partition coefficient (Wildman–Crippen LogP) is 10.3. The third-order valence-corrected chi connectivity index (χ3v) is 8.97. The van der Waals surface area contributed by atoms with Crippen LogP contribution in [0.15, 0.2) is 72.9 Å². The summed E-state index contributed by atoms with van der Waals surface area (Å²) in [6.45, 7) is 3.30. The molecule has 0 spiro atoms. The minimum atomic E-state index is -1.39. The van der Waals surface area contributed by atoms with Gasteiger partial charge in [-0.1, -0.05) is 138 Å². The number of aliphatic hydroxyl groups is 1. The summed E-state index contributed by atoms with van der Waals surface area (Å²) in [5.41, 5.74) is 0. The molecule has 0 rings (SSSR count). The molecular weight excluding hydrogens is 693 g/mol. The van der Waals surface area contributed by atoms with Crippen LogP contribution < -0.4 is 10.6 Å². The summed E-state index contributed by atoms with van der Waals surface area (Å²) in [6, 6.07) is -1.39. The van der Waals surface area contributed by atoms with Gasteiger partial charge < -0.3 is 25.6 Å². The van der Waals surface area contributed by atoms with Crippen molar-refractivity contribution in [1.82, 2.24) is 10.6 Å². The van der Waals surface area contributed by atoms with Crippen molar-refractivity contribution in [3.05, 3.63) is 72.9 Å². The smallest absolute Gasteiger partial charge is 0.328 e. The summed E-state index contributed by atoms with van der Waals surface area (Å²) in [7, 11) is 0. The molecule has 2 amide bonds. The van der Waals surface area contributed by atoms with Crippen molar-refractivity contribution in [2.45, 2.75) is 180 Å². The Morgan fingerprint density at radius 3 is 1.55 bits per heavy atom. The number of unbranched alkanes of at least 4 members (excludes halogenated alkanes) is 11. The Hall–Kier alpha value is -3.72. The zero-order chi connectivity index (χ0) is 40.5. The van der Waals surface area contributed by atoms with Crippen LogP contribution in [0.5, 0.6) is 0 Å². The van der Waals surface area contributed by atoms with E-state index in [1.807, 2.05) is 0 Å². The molecule has 9 nitrogen and oxygen atoms in total. The van der Waals surface area contributed by atoms with Crippen molar-refractivity contribution in [1.29, 1.82) is 0 Å². The third-order valence-electron chi connectivity index (χ3n) is 8.97. The van der Waals surface area contributed by atoms with Crippen molar-refractivity contribution < 1.29 is 34.1 Å². The molecule has 4 N–H and O–H groups in total. The first kappa shape index (κ1) is 51.3. The van der Waals surface area contributed by atoms with E-state index in [-0.39, 0.29) is 30.9 Å². The second-order valence-corrected chi connectivity index (χ2v) is 14.1. The number of carboxylic acids is 1. The number of hydrogen-bond acceptors (Lipinski definition) is 6. The molecule has 0 aromatic carbocycles. The van der Waals surface area contributed by atoms with Gasteiger partial charge in [-0.3, -0.25) is 14.4 Å². The monoisotopic (exact) mass is 769 g/mol. The zero-order valence-corrected chi connectivity index (χ0v) is 34.4. The van der Waals surface area contributed by atoms with Crippen LogP contribution in [0, 0.1) is 0 Å². The number of carbonyl (C=O) groups is 4. The Morgan fingerprint density at radius 1 is 0.564 bits per heavy atom. The number of nitrogens with one attached hydrogen (secondary N) is 2. The van der Waals surface area contributed by atoms with Gasteiger partial charge in [0.1, 0.15) is 12.1 Å². The topological polar surface area (TPSA) is 142 Å². The first-order chi connectivity index (χ1) is 26.8. The van der Waals surface area contributed by atoms with Gasteiger partial charge in [-0.25, -0.2) is 4.79 Å². The minimum absolute atomic E-state index is 0.0578. The van der Waals surface area contributed by atoms with Gasteiger partial charge in [0.25, 0.3) is 0 Å². The molecule has 0 aromatic heterocycles. The highest BCUT2D eigenvalue weighted by Crippen LogP contribution is 2.18. The molecule has 0 bridgehead atoms. The number of rotatable bonds is 37. The predicted molar refractivity (Wildman–Crippen MR) is 227 cm³/mol. The Labute approximate surface area is 333 Å². The summed E-state index contributed by atoms with van der Waals surface area (Å²) in [4.78, 5) is 47.4. The van der Waals surface area contributed by atoms with E-state index in [9.17, 15) is 19.2 Å². The second-order valence-electron chi connectivity index (χ2n) is 14.1. The fraction of sp³-hybridized carbons (Fsp3) is 0.652. The molecule has 0 radical (unpaired) electrons. The van der Waals surface area contributed by atoms with Gasteiger partial charge in [0.05, 0.1) is 13.2 Å². The van der Waals surface area contributed by atoms with E-state index in [2.05, 4.69) is 97.4 Å². The lowest BCUT2D eigenvalue weighted by atomic mass is 10.0. The fourth-order valence-corrected chi connectivity index (χ4v) is 5.72. The Kier molecular flexibility index (Phi) is 37.3. The van der Waals surface area contributed by atoms with E-state index in [0.29, 0.717) is 12.8 Å². The number of carbonyl (C=O) groups excluding carboxylic acids is 3. The van der Waals surface area contributed by atoms with Crippen LogP contribution in [0.1, 0.15) is 168 Å². The Bertz CT molecular complexity index is 1150. The lowest BCUT2D eigenvalue weighted by Gasteiger charge is -2.18. The van der Waals surface area contributed by atoms with Gasteiger partial charge in [0.15, 0.2) is 0 Å². The molecule has 9 heteroatoms. The fourth-order valence-electron chi connectivity index (χ4n) is 5.72. The summed E-state index contributed by atoms with van der Waals surface area (Å²) < 4.78 is 5.93. The SMILES string of the molecule is CC/C=C\C/C=C\C/C=C\C/C=C\C/C=C\C/C=C\CCCCCCC(=O)OC(CCCCCCC)CCCCCCC(=O)NCC(=O)NC(CO)C(=O)O. The van der Waals surface area contributed by atoms with Gasteiger partial charge in [0, 0.05) is 12.8 Å². The number of aliphatic hydroxyl groups excluding tert-OH is 1. The van der Waals surface area contributed by atoms with Crippen LogP contribution in [-0.2, 0) is 23.9 Å². The molecule has 2 atom stereocenters. The van der Waals surface area contributed by atoms with Crippen molar-refractivity contribution in [2.75, 3.05) is 13.2 Å². The molecular formula is C46H76N2O7. The number of aliphatic carboxylic acids is 1. The van der Waals surface area contributed by atoms with Crippen molar-refractivity contribution >= 4 is 23.8 Å². The van der Waals surface area contributed by atoms with E-state index in [1.54, 1.807) is 0 Å². The van der Waals surface area contributed by atoms with Crippen LogP contribution in [0.3, 0.4) is 0 Å². The maximum Gasteiger partial charge on any atom is 0.328 e. The average Bonchev–Trinajstić information content (AvgIpc) is 3.17. The van der Waals surface area contributed by atoms with Gasteiger partial charge in [0.2, 0.25) is 11.8 Å². The van der Waals surface area contributed by atoms with Crippen LogP contribution in [0.2, 0.25) is 0 Å². The number of allylic oxidation sites excluding steroid dienone is 12. The summed E-state index contributed by atoms with van der Waals surface area (Å²) in [6.07, 6.45) is 49.5. The summed E-state index contributed by atoms with van der Waals surface area (Å²) in [5, 5.41) is 22.5. The standard InChI is InChI=1S/C46H76N2O7/c1-3-5-7-9-10-11-12-13-14-15-16-17-18-19-20-21-22-23-24-25-26-28-34-38-45(52)55-41(35-31-27-8-6-4-2)36-32-29-30-33-37-43(50)47-39-44(51)48-42(40-49)46(53)54/h5,7,10-11,13-14,16-17,19-20,22-23,41-42,49H,3-4,6,8-9,12,15,18,21,24-40H2,1-2H3,(H,47,50)(H,48,51)(H,53,54)/b7-5-,11-10-,14-13-,17-16-,20-19-,23-22-. The largest absolute Gasteiger partial charge is 0.480 e. The number of ether oxygens (including phenoxy) is 1. The van der Waals surface area contributed by atoms with Crippen molar-refractivity contribution in [2.24, 2.45) is 0 Å². The molecule has 0 saturated heterocycles. The maximum absolute atomic E-state index is 12.7. The van der Waals surface area contributed by atoms with E-state index >= 15 is 0 Å². The molecule has 2 unspecified atom stereocenters. The second kappa shape index (κ2) is 40.0. The van der Waals surface area contributed by atoms with E-state index in [4.69, 9.17) is 14.9 Å². The first-order valence-electron chi connectivity index (χ1n) is 21.3. The van der Waals surface area contributed by atoms with Gasteiger partial charge in [-0.05, 0) is 89.9 Å². The van der Waals surface area contributed by atoms with E-state index in [1.165, 1.54) is 19.3 Å². The highest BCUT2D eigenvalue weighted by molar-refractivity contribution is 5.87. The lowest BCUT2D eigenvalue weighted by Crippen LogP contribution is -2.47. The zero-order valence-electron chi connectivity index (χ0n) is 34.4. The molecule has 0 aliphatic heterocycles. The van der Waals surface area contributed by atoms with Gasteiger partial charge in [-0.2, -0.15) is 0 Å².